The van der Waals surface area contributed by atoms with E-state index in [1.807, 2.05) is 6.92 Å². The van der Waals surface area contributed by atoms with Crippen LogP contribution in [-0.4, -0.2) is 14.3 Å². The summed E-state index contributed by atoms with van der Waals surface area (Å²) < 4.78 is 6.18. The molecule has 0 aliphatic rings. The fraction of sp³-hybridized carbons (Fsp3) is 0.875. The van der Waals surface area contributed by atoms with Crippen molar-refractivity contribution < 1.29 is 9.22 Å². The second-order valence-electron chi connectivity index (χ2n) is 5.81. The SMILES string of the molecule is CC[CH]C(=O)O[Si](C(C)CC)(C(C)CC)C(C)CC. The van der Waals surface area contributed by atoms with Crippen LogP contribution in [-0.2, 0) is 9.22 Å². The smallest absolute Gasteiger partial charge is 0.296 e. The maximum absolute atomic E-state index is 12.1. The lowest BCUT2D eigenvalue weighted by Gasteiger charge is -2.44. The van der Waals surface area contributed by atoms with Crippen molar-refractivity contribution in [2.24, 2.45) is 0 Å². The van der Waals surface area contributed by atoms with E-state index in [0.717, 1.165) is 25.7 Å². The van der Waals surface area contributed by atoms with E-state index in [1.165, 1.54) is 0 Å². The van der Waals surface area contributed by atoms with Gasteiger partial charge in [0, 0.05) is 0 Å². The Morgan fingerprint density at radius 1 is 0.947 bits per heavy atom. The second-order valence-corrected chi connectivity index (χ2v) is 10.7. The molecule has 0 N–H and O–H groups in total. The summed E-state index contributed by atoms with van der Waals surface area (Å²) in [6, 6.07) is 0. The number of hydrogen-bond donors (Lipinski definition) is 0. The standard InChI is InChI=1S/C16H33O2Si/c1-8-12-16(17)18-19(13(5)9-2,14(6)10-3)15(7)11-4/h12-15H,8-11H2,1-7H3. The molecule has 0 fully saturated rings. The van der Waals surface area contributed by atoms with Gasteiger partial charge >= 0.3 is 0 Å². The molecule has 0 aromatic carbocycles. The van der Waals surface area contributed by atoms with Gasteiger partial charge in [0.25, 0.3) is 14.3 Å². The van der Waals surface area contributed by atoms with E-state index in [-0.39, 0.29) is 5.97 Å². The minimum atomic E-state index is -2.09. The maximum Gasteiger partial charge on any atom is 0.296 e. The predicted octanol–water partition coefficient (Wildman–Crippen LogP) is 5.49. The molecule has 0 aromatic heterocycles. The molecule has 113 valence electrons. The third-order valence-corrected chi connectivity index (χ3v) is 11.2. The highest BCUT2D eigenvalue weighted by Gasteiger charge is 2.51. The molecule has 0 rings (SSSR count). The Morgan fingerprint density at radius 2 is 1.32 bits per heavy atom. The van der Waals surface area contributed by atoms with Gasteiger partial charge < -0.3 is 4.43 Å². The van der Waals surface area contributed by atoms with Gasteiger partial charge in [0.2, 0.25) is 0 Å². The molecule has 0 bridgehead atoms. The summed E-state index contributed by atoms with van der Waals surface area (Å²) >= 11 is 0. The molecule has 0 aliphatic carbocycles. The molecule has 2 nitrogen and oxygen atoms in total. The van der Waals surface area contributed by atoms with Gasteiger partial charge in [-0.05, 0) is 23.0 Å². The van der Waals surface area contributed by atoms with Crippen molar-refractivity contribution in [1.82, 2.24) is 0 Å². The normalized spacial score (nSPS) is 19.3. The van der Waals surface area contributed by atoms with E-state index >= 15 is 0 Å². The molecule has 3 heteroatoms. The van der Waals surface area contributed by atoms with E-state index in [9.17, 15) is 4.79 Å². The first-order chi connectivity index (χ1) is 8.90. The Labute approximate surface area is 121 Å². The lowest BCUT2D eigenvalue weighted by Crippen LogP contribution is -2.51. The van der Waals surface area contributed by atoms with Crippen molar-refractivity contribution in [3.63, 3.8) is 0 Å². The van der Waals surface area contributed by atoms with Crippen molar-refractivity contribution >= 4 is 14.3 Å². The first-order valence-corrected chi connectivity index (χ1v) is 10.1. The van der Waals surface area contributed by atoms with E-state index in [4.69, 9.17) is 4.43 Å². The molecular weight excluding hydrogens is 252 g/mol. The van der Waals surface area contributed by atoms with Gasteiger partial charge in [-0.1, -0.05) is 67.7 Å². The molecule has 0 amide bonds. The van der Waals surface area contributed by atoms with Crippen LogP contribution in [0.4, 0.5) is 0 Å². The van der Waals surface area contributed by atoms with E-state index in [0.29, 0.717) is 16.6 Å². The van der Waals surface area contributed by atoms with Crippen LogP contribution < -0.4 is 0 Å². The van der Waals surface area contributed by atoms with Crippen LogP contribution in [0.15, 0.2) is 0 Å². The Bertz CT molecular complexity index is 239. The van der Waals surface area contributed by atoms with Crippen LogP contribution in [0.3, 0.4) is 0 Å². The van der Waals surface area contributed by atoms with Crippen LogP contribution in [0, 0.1) is 6.42 Å². The Morgan fingerprint density at radius 3 is 1.58 bits per heavy atom. The lowest BCUT2D eigenvalue weighted by atomic mass is 10.3. The lowest BCUT2D eigenvalue weighted by molar-refractivity contribution is -0.132. The molecule has 3 atom stereocenters. The zero-order valence-corrected chi connectivity index (χ0v) is 15.0. The van der Waals surface area contributed by atoms with E-state index < -0.39 is 8.32 Å². The van der Waals surface area contributed by atoms with Crippen molar-refractivity contribution in [2.75, 3.05) is 0 Å². The average molecular weight is 286 g/mol. The molecule has 0 saturated heterocycles. The summed E-state index contributed by atoms with van der Waals surface area (Å²) in [4.78, 5) is 12.1. The topological polar surface area (TPSA) is 26.3 Å². The highest BCUT2D eigenvalue weighted by molar-refractivity contribution is 6.79. The second kappa shape index (κ2) is 8.78. The van der Waals surface area contributed by atoms with Gasteiger partial charge in [0.15, 0.2) is 0 Å². The molecule has 0 spiro atoms. The summed E-state index contributed by atoms with van der Waals surface area (Å²) in [5.74, 6) is -0.0879. The van der Waals surface area contributed by atoms with E-state index in [1.54, 1.807) is 6.42 Å². The average Bonchev–Trinajstić information content (AvgIpc) is 2.42. The summed E-state index contributed by atoms with van der Waals surface area (Å²) in [6.07, 6.45) is 5.74. The van der Waals surface area contributed by atoms with Crippen LogP contribution >= 0.6 is 0 Å². The predicted molar refractivity (Wildman–Crippen MR) is 85.6 cm³/mol. The zero-order valence-electron chi connectivity index (χ0n) is 14.0. The molecule has 0 saturated carbocycles. The van der Waals surface area contributed by atoms with Crippen LogP contribution in [0.25, 0.3) is 0 Å². The molecule has 0 aromatic rings. The monoisotopic (exact) mass is 285 g/mol. The number of hydrogen-bond acceptors (Lipinski definition) is 2. The van der Waals surface area contributed by atoms with Crippen molar-refractivity contribution in [2.45, 2.75) is 90.8 Å². The fourth-order valence-electron chi connectivity index (χ4n) is 3.10. The highest BCUT2D eigenvalue weighted by Crippen LogP contribution is 2.47. The Kier molecular flexibility index (Phi) is 8.63. The van der Waals surface area contributed by atoms with Gasteiger partial charge in [-0.15, -0.1) is 0 Å². The Balaban J connectivity index is 5.41. The third-order valence-electron chi connectivity index (χ3n) is 4.80. The number of carbonyl (C=O) groups excluding carboxylic acids is 1. The minimum absolute atomic E-state index is 0.0879. The Hall–Kier alpha value is -0.313. The minimum Gasteiger partial charge on any atom is -0.518 e. The summed E-state index contributed by atoms with van der Waals surface area (Å²) in [7, 11) is -2.09. The van der Waals surface area contributed by atoms with Gasteiger partial charge in [0.05, 0.1) is 6.42 Å². The van der Waals surface area contributed by atoms with Gasteiger partial charge in [-0.3, -0.25) is 4.79 Å². The van der Waals surface area contributed by atoms with Crippen molar-refractivity contribution in [1.29, 1.82) is 0 Å². The molecule has 19 heavy (non-hydrogen) atoms. The maximum atomic E-state index is 12.1. The van der Waals surface area contributed by atoms with Crippen molar-refractivity contribution in [3.8, 4) is 0 Å². The number of carbonyl (C=O) groups is 1. The molecule has 1 radical (unpaired) electrons. The third kappa shape index (κ3) is 4.33. The van der Waals surface area contributed by atoms with Crippen LogP contribution in [0.5, 0.6) is 0 Å². The quantitative estimate of drug-likeness (QED) is 0.524. The largest absolute Gasteiger partial charge is 0.518 e. The van der Waals surface area contributed by atoms with Gasteiger partial charge in [0.1, 0.15) is 0 Å². The molecule has 0 heterocycles. The van der Waals surface area contributed by atoms with Crippen LogP contribution in [0.2, 0.25) is 16.6 Å². The van der Waals surface area contributed by atoms with Crippen LogP contribution in [0.1, 0.15) is 74.1 Å². The van der Waals surface area contributed by atoms with Gasteiger partial charge in [-0.25, -0.2) is 0 Å². The summed E-state index contributed by atoms with van der Waals surface area (Å²) in [6.45, 7) is 15.5. The summed E-state index contributed by atoms with van der Waals surface area (Å²) in [5.41, 5.74) is 1.56. The highest BCUT2D eigenvalue weighted by atomic mass is 28.4. The van der Waals surface area contributed by atoms with Crippen molar-refractivity contribution in [3.05, 3.63) is 6.42 Å². The zero-order chi connectivity index (χ0) is 15.1. The van der Waals surface area contributed by atoms with E-state index in [2.05, 4.69) is 41.5 Å². The first-order valence-electron chi connectivity index (χ1n) is 7.96. The molecule has 0 aliphatic heterocycles. The van der Waals surface area contributed by atoms with Gasteiger partial charge in [-0.2, -0.15) is 0 Å². The number of rotatable bonds is 9. The molecule has 3 unspecified atom stereocenters. The fourth-order valence-corrected chi connectivity index (χ4v) is 8.96. The summed E-state index contributed by atoms with van der Waals surface area (Å²) in [5, 5.41) is 0. The first kappa shape index (κ1) is 18.7. The molecular formula is C16H33O2Si.